The molecule has 0 amide bonds. The van der Waals surface area contributed by atoms with E-state index >= 15 is 0 Å². The number of anilines is 1. The molecule has 3 aromatic heterocycles. The zero-order valence-electron chi connectivity index (χ0n) is 18.8. The minimum atomic E-state index is -0.617. The maximum atomic E-state index is 14.9. The van der Waals surface area contributed by atoms with E-state index < -0.39 is 17.6 Å². The number of hydrogen-bond acceptors (Lipinski definition) is 8. The van der Waals surface area contributed by atoms with Gasteiger partial charge in [-0.15, -0.1) is 0 Å². The summed E-state index contributed by atoms with van der Waals surface area (Å²) < 4.78 is 24.1. The summed E-state index contributed by atoms with van der Waals surface area (Å²) in [6.07, 6.45) is 6.50. The van der Waals surface area contributed by atoms with Gasteiger partial charge in [-0.05, 0) is 31.0 Å². The zero-order chi connectivity index (χ0) is 24.3. The predicted octanol–water partition coefficient (Wildman–Crippen LogP) is 2.58. The van der Waals surface area contributed by atoms with Crippen LogP contribution in [0.2, 0.25) is 5.02 Å². The Kier molecular flexibility index (Phi) is 5.28. The van der Waals surface area contributed by atoms with Gasteiger partial charge in [0.1, 0.15) is 23.7 Å². The third kappa shape index (κ3) is 4.05. The van der Waals surface area contributed by atoms with Crippen LogP contribution in [0, 0.1) is 5.82 Å². The summed E-state index contributed by atoms with van der Waals surface area (Å²) in [5.41, 5.74) is 7.30. The van der Waals surface area contributed by atoms with Crippen molar-refractivity contribution in [3.05, 3.63) is 63.5 Å². The monoisotopic (exact) mass is 496 g/mol. The van der Waals surface area contributed by atoms with Gasteiger partial charge < -0.3 is 15.4 Å². The number of halogens is 2. The van der Waals surface area contributed by atoms with E-state index in [1.807, 2.05) is 15.8 Å². The van der Waals surface area contributed by atoms with Crippen LogP contribution in [0.4, 0.5) is 10.3 Å². The Morgan fingerprint density at radius 3 is 2.77 bits per heavy atom. The van der Waals surface area contributed by atoms with Gasteiger partial charge in [0.05, 0.1) is 42.6 Å². The van der Waals surface area contributed by atoms with Crippen molar-refractivity contribution in [3.8, 4) is 11.3 Å². The molecule has 4 heterocycles. The lowest BCUT2D eigenvalue weighted by molar-refractivity contribution is -0.0243. The smallest absolute Gasteiger partial charge is 0.293 e. The summed E-state index contributed by atoms with van der Waals surface area (Å²) >= 11 is 5.96. The van der Waals surface area contributed by atoms with Crippen molar-refractivity contribution >= 4 is 28.5 Å². The molecular weight excluding hydrogens is 475 g/mol. The quantitative estimate of drug-likeness (QED) is 0.458. The van der Waals surface area contributed by atoms with Crippen LogP contribution in [0.1, 0.15) is 30.6 Å². The fourth-order valence-corrected chi connectivity index (χ4v) is 4.47. The molecule has 180 valence electrons. The molecule has 4 aromatic rings. The molecule has 1 aliphatic carbocycles. The van der Waals surface area contributed by atoms with Crippen LogP contribution in [0.5, 0.6) is 0 Å². The molecule has 10 nitrogen and oxygen atoms in total. The van der Waals surface area contributed by atoms with Gasteiger partial charge in [-0.3, -0.25) is 9.48 Å². The highest BCUT2D eigenvalue weighted by Crippen LogP contribution is 2.36. The van der Waals surface area contributed by atoms with Gasteiger partial charge in [-0.2, -0.15) is 10.2 Å². The molecule has 2 N–H and O–H groups in total. The lowest BCUT2D eigenvalue weighted by atomic mass is 10.1. The molecule has 2 fully saturated rings. The first kappa shape index (κ1) is 22.1. The summed E-state index contributed by atoms with van der Waals surface area (Å²) in [4.78, 5) is 24.0. The second-order valence-corrected chi connectivity index (χ2v) is 9.32. The van der Waals surface area contributed by atoms with Crippen LogP contribution in [-0.4, -0.2) is 48.8 Å². The van der Waals surface area contributed by atoms with E-state index in [0.717, 1.165) is 18.4 Å². The summed E-state index contributed by atoms with van der Waals surface area (Å²) in [6.45, 7) is 0.691. The van der Waals surface area contributed by atoms with E-state index in [4.69, 9.17) is 22.1 Å². The number of morpholine rings is 1. The van der Waals surface area contributed by atoms with Crippen LogP contribution in [0.15, 0.2) is 41.6 Å². The number of rotatable bonds is 4. The molecule has 1 aromatic carbocycles. The maximum Gasteiger partial charge on any atom is 0.293 e. The van der Waals surface area contributed by atoms with Crippen molar-refractivity contribution in [1.29, 1.82) is 0 Å². The number of nitrogens with zero attached hydrogens (tertiary/aromatic N) is 7. The number of aromatic nitrogens is 6. The zero-order valence-corrected chi connectivity index (χ0v) is 19.6. The highest BCUT2D eigenvalue weighted by Gasteiger charge is 2.32. The van der Waals surface area contributed by atoms with Crippen LogP contribution in [-0.2, 0) is 11.8 Å². The number of aryl methyl sites for hydroxylation is 1. The van der Waals surface area contributed by atoms with Crippen molar-refractivity contribution in [2.24, 2.45) is 12.8 Å². The first-order valence-corrected chi connectivity index (χ1v) is 11.6. The van der Waals surface area contributed by atoms with Crippen molar-refractivity contribution in [2.75, 3.05) is 18.0 Å². The van der Waals surface area contributed by atoms with E-state index in [9.17, 15) is 9.18 Å². The van der Waals surface area contributed by atoms with Gasteiger partial charge in [0, 0.05) is 29.4 Å². The lowest BCUT2D eigenvalue weighted by Crippen LogP contribution is -2.48. The Bertz CT molecular complexity index is 1500. The molecule has 2 aliphatic rings. The molecule has 1 aliphatic heterocycles. The number of ether oxygens (including phenoxy) is 1. The molecule has 0 spiro atoms. The second kappa shape index (κ2) is 8.36. The highest BCUT2D eigenvalue weighted by atomic mass is 35.5. The Morgan fingerprint density at radius 1 is 1.17 bits per heavy atom. The topological polar surface area (TPSA) is 117 Å². The van der Waals surface area contributed by atoms with E-state index in [2.05, 4.69) is 20.2 Å². The van der Waals surface area contributed by atoms with Crippen molar-refractivity contribution in [2.45, 2.75) is 31.2 Å². The van der Waals surface area contributed by atoms with Gasteiger partial charge in [0.25, 0.3) is 5.56 Å². The highest BCUT2D eigenvalue weighted by molar-refractivity contribution is 6.30. The third-order valence-electron chi connectivity index (χ3n) is 6.30. The summed E-state index contributed by atoms with van der Waals surface area (Å²) in [5.74, 6) is -0.309. The number of hydrogen-bond donors (Lipinski definition) is 1. The molecule has 1 saturated carbocycles. The minimum Gasteiger partial charge on any atom is -0.352 e. The first-order valence-electron chi connectivity index (χ1n) is 11.3. The van der Waals surface area contributed by atoms with Gasteiger partial charge in [-0.25, -0.2) is 19.0 Å². The van der Waals surface area contributed by atoms with Crippen molar-refractivity contribution in [1.82, 2.24) is 29.5 Å². The molecule has 0 radical (unpaired) electrons. The number of benzene rings is 1. The number of fused-ring (bicyclic) bond motifs is 1. The van der Waals surface area contributed by atoms with Crippen molar-refractivity contribution < 1.29 is 9.13 Å². The number of nitrogens with two attached hydrogens (primary N) is 1. The molecule has 12 heteroatoms. The molecular formula is C23H22ClFN8O2. The Hall–Kier alpha value is -3.41. The standard InChI is InChI=1S/C23H22ClFN8O2/c1-31-22(34)21-16(8-27-31)20(15-5-2-13(24)6-17(15)25)29-23(30-21)32-10-18(35-19(26)11-32)12-7-28-33(9-12)14-3-4-14/h2,5-9,14,18-19H,3-4,10-11,26H2,1H3/t18-,19-/m1/s1. The van der Waals surface area contributed by atoms with Crippen LogP contribution >= 0.6 is 11.6 Å². The molecule has 1 saturated heterocycles. The minimum absolute atomic E-state index is 0.134. The SMILES string of the molecule is Cn1ncc2c(-c3ccc(Cl)cc3F)nc(N3C[C@H](N)O[C@@H](c4cnn(C5CC5)c4)C3)nc2c1=O. The molecule has 2 atom stereocenters. The Balaban J connectivity index is 1.45. The van der Waals surface area contributed by atoms with E-state index in [1.54, 1.807) is 12.3 Å². The normalized spacial score (nSPS) is 20.5. The third-order valence-corrected chi connectivity index (χ3v) is 6.53. The molecule has 35 heavy (non-hydrogen) atoms. The average Bonchev–Trinajstić information content (AvgIpc) is 3.57. The predicted molar refractivity (Wildman–Crippen MR) is 127 cm³/mol. The van der Waals surface area contributed by atoms with Crippen LogP contribution in [0.25, 0.3) is 22.2 Å². The summed E-state index contributed by atoms with van der Waals surface area (Å²) in [5, 5.41) is 9.13. The lowest BCUT2D eigenvalue weighted by Gasteiger charge is -2.36. The summed E-state index contributed by atoms with van der Waals surface area (Å²) in [7, 11) is 1.53. The molecule has 0 bridgehead atoms. The Morgan fingerprint density at radius 2 is 2.00 bits per heavy atom. The van der Waals surface area contributed by atoms with E-state index in [1.165, 1.54) is 30.1 Å². The molecule has 0 unspecified atom stereocenters. The van der Waals surface area contributed by atoms with Gasteiger partial charge >= 0.3 is 0 Å². The van der Waals surface area contributed by atoms with E-state index in [0.29, 0.717) is 24.5 Å². The largest absolute Gasteiger partial charge is 0.352 e. The van der Waals surface area contributed by atoms with Gasteiger partial charge in [0.2, 0.25) is 5.95 Å². The van der Waals surface area contributed by atoms with Crippen LogP contribution < -0.4 is 16.2 Å². The summed E-state index contributed by atoms with van der Waals surface area (Å²) in [6, 6.07) is 4.75. The fraction of sp³-hybridized carbons (Fsp3) is 0.348. The average molecular weight is 497 g/mol. The van der Waals surface area contributed by atoms with Gasteiger partial charge in [-0.1, -0.05) is 11.6 Å². The fourth-order valence-electron chi connectivity index (χ4n) is 4.32. The Labute approximate surface area is 204 Å². The van der Waals surface area contributed by atoms with Gasteiger partial charge in [0.15, 0.2) is 0 Å². The first-order chi connectivity index (χ1) is 16.9. The van der Waals surface area contributed by atoms with Crippen LogP contribution in [0.3, 0.4) is 0 Å². The van der Waals surface area contributed by atoms with E-state index in [-0.39, 0.29) is 33.8 Å². The second-order valence-electron chi connectivity index (χ2n) is 8.89. The molecule has 6 rings (SSSR count). The maximum absolute atomic E-state index is 14.9. The van der Waals surface area contributed by atoms with Crippen molar-refractivity contribution in [3.63, 3.8) is 0 Å².